The van der Waals surface area contributed by atoms with Gasteiger partial charge in [0.1, 0.15) is 38.2 Å². The Kier molecular flexibility index (Phi) is 15.7. The summed E-state index contributed by atoms with van der Waals surface area (Å²) in [6.45, 7) is 1.53. The van der Waals surface area contributed by atoms with Gasteiger partial charge in [0.15, 0.2) is 16.6 Å². The molecule has 0 fully saturated rings. The van der Waals surface area contributed by atoms with E-state index in [-0.39, 0.29) is 66.8 Å². The normalized spacial score (nSPS) is 12.4. The highest BCUT2D eigenvalue weighted by atomic mass is 32.2. The molecule has 0 saturated heterocycles. The second-order valence-corrected chi connectivity index (χ2v) is 26.4. The average Bonchev–Trinajstić information content (AvgIpc) is 1.21. The molecular weight excluding hydrogens is 1240 g/mol. The number of nitrogens with zero attached hydrogens (tertiary/aromatic N) is 7. The summed E-state index contributed by atoms with van der Waals surface area (Å²) in [5, 5.41) is 47.5. The maximum absolute atomic E-state index is 12.7. The lowest BCUT2D eigenvalue weighted by atomic mass is 10.00. The van der Waals surface area contributed by atoms with Gasteiger partial charge in [-0.05, 0) is 114 Å². The zero-order valence-corrected chi connectivity index (χ0v) is 48.2. The van der Waals surface area contributed by atoms with E-state index in [0.29, 0.717) is 39.7 Å². The number of azo groups is 2. The number of hydrogen-bond donors (Lipinski definition) is 9. The maximum Gasteiger partial charge on any atom is 0.295 e. The van der Waals surface area contributed by atoms with Crippen molar-refractivity contribution in [2.75, 3.05) is 21.5 Å². The van der Waals surface area contributed by atoms with Gasteiger partial charge in [0.2, 0.25) is 0 Å². The zero-order chi connectivity index (χ0) is 61.7. The molecule has 10 rings (SSSR count). The van der Waals surface area contributed by atoms with E-state index in [0.717, 1.165) is 58.5 Å². The van der Waals surface area contributed by atoms with Crippen molar-refractivity contribution >= 4 is 150 Å². The predicted octanol–water partition coefficient (Wildman–Crippen LogP) is 12.3. The van der Waals surface area contributed by atoms with E-state index in [1.165, 1.54) is 31.2 Å². The molecule has 8 aromatic carbocycles. The van der Waals surface area contributed by atoms with Crippen LogP contribution >= 0.6 is 11.3 Å². The molecule has 26 nitrogen and oxygen atoms in total. The molecule has 0 spiro atoms. The van der Waals surface area contributed by atoms with E-state index in [1.54, 1.807) is 42.5 Å². The Morgan fingerprint density at radius 2 is 1.01 bits per heavy atom. The molecular formula is C54H37N11O15S6. The first-order valence-electron chi connectivity index (χ1n) is 24.2. The Labute approximate surface area is 492 Å². The van der Waals surface area contributed by atoms with Gasteiger partial charge < -0.3 is 21.5 Å². The minimum absolute atomic E-state index is 0.0138. The molecule has 0 saturated carbocycles. The summed E-state index contributed by atoms with van der Waals surface area (Å²) in [4.78, 5) is 0.639. The number of benzene rings is 8. The van der Waals surface area contributed by atoms with E-state index in [2.05, 4.69) is 59.1 Å². The molecule has 0 aliphatic rings. The first kappa shape index (κ1) is 59.5. The molecule has 0 atom stereocenters. The van der Waals surface area contributed by atoms with Crippen molar-refractivity contribution in [3.63, 3.8) is 0 Å². The summed E-state index contributed by atoms with van der Waals surface area (Å²) in [7, 11) is -24.8. The fraction of sp³-hybridized carbons (Fsp3) is 0.0185. The van der Waals surface area contributed by atoms with Crippen LogP contribution in [0.1, 0.15) is 16.7 Å². The van der Waals surface area contributed by atoms with Crippen LogP contribution in [-0.2, 0) is 50.6 Å². The van der Waals surface area contributed by atoms with E-state index < -0.39 is 85.8 Å². The van der Waals surface area contributed by atoms with Gasteiger partial charge in [-0.3, -0.25) is 22.8 Å². The quantitative estimate of drug-likeness (QED) is 0.0232. The second-order valence-electron chi connectivity index (χ2n) is 18.4. The summed E-state index contributed by atoms with van der Waals surface area (Å²) in [6.07, 6.45) is 0. The van der Waals surface area contributed by atoms with Gasteiger partial charge in [-0.2, -0.15) is 52.6 Å². The fourth-order valence-electron chi connectivity index (χ4n) is 8.92. The largest absolute Gasteiger partial charge is 0.339 e. The van der Waals surface area contributed by atoms with Crippen LogP contribution in [0.15, 0.2) is 197 Å². The number of thiophene rings is 1. The van der Waals surface area contributed by atoms with Crippen LogP contribution in [0.4, 0.5) is 55.8 Å². The summed E-state index contributed by atoms with van der Waals surface area (Å²) >= 11 is 0.928. The van der Waals surface area contributed by atoms with E-state index in [9.17, 15) is 75.4 Å². The molecule has 0 radical (unpaired) electrons. The van der Waals surface area contributed by atoms with Gasteiger partial charge in [0, 0.05) is 44.0 Å². The van der Waals surface area contributed by atoms with Crippen molar-refractivity contribution in [1.82, 2.24) is 4.98 Å². The van der Waals surface area contributed by atoms with E-state index in [1.807, 2.05) is 36.4 Å². The molecule has 0 unspecified atom stereocenters. The monoisotopic (exact) mass is 1270 g/mol. The lowest BCUT2D eigenvalue weighted by molar-refractivity contribution is 0.478. The van der Waals surface area contributed by atoms with Crippen LogP contribution in [0.25, 0.3) is 43.4 Å². The van der Waals surface area contributed by atoms with Gasteiger partial charge in [-0.1, -0.05) is 72.0 Å². The Morgan fingerprint density at radius 3 is 1.60 bits per heavy atom. The average molecular weight is 1270 g/mol. The summed E-state index contributed by atoms with van der Waals surface area (Å²) < 4.78 is 171. The highest BCUT2D eigenvalue weighted by molar-refractivity contribution is 7.87. The van der Waals surface area contributed by atoms with Crippen LogP contribution in [0.2, 0.25) is 0 Å². The molecule has 0 aliphatic carbocycles. The molecule has 0 bridgehead atoms. The van der Waals surface area contributed by atoms with Crippen molar-refractivity contribution in [3.05, 3.63) is 168 Å². The van der Waals surface area contributed by atoms with Gasteiger partial charge in [0.05, 0.1) is 37.3 Å². The number of nitrogens with one attached hydrogen (secondary N) is 4. The lowest BCUT2D eigenvalue weighted by Gasteiger charge is -2.16. The van der Waals surface area contributed by atoms with Crippen LogP contribution < -0.4 is 21.5 Å². The number of anilines is 6. The molecule has 10 aromatic rings. The summed E-state index contributed by atoms with van der Waals surface area (Å²) in [5.41, 5.74) is 7.46. The van der Waals surface area contributed by atoms with Crippen molar-refractivity contribution in [2.45, 2.75) is 31.4 Å². The topological polar surface area (TPSA) is 430 Å². The van der Waals surface area contributed by atoms with E-state index >= 15 is 0 Å². The highest BCUT2D eigenvalue weighted by Gasteiger charge is 2.27. The minimum Gasteiger partial charge on any atom is -0.339 e. The number of nitriles is 2. The Hall–Kier alpha value is -9.68. The molecule has 2 heterocycles. The third kappa shape index (κ3) is 12.4. The molecule has 2 aromatic heterocycles. The molecule has 86 heavy (non-hydrogen) atoms. The van der Waals surface area contributed by atoms with Gasteiger partial charge in [-0.25, -0.2) is 4.98 Å². The van der Waals surface area contributed by atoms with Gasteiger partial charge in [-0.15, -0.1) is 20.5 Å². The fourth-order valence-corrected chi connectivity index (χ4v) is 12.9. The smallest absolute Gasteiger partial charge is 0.295 e. The number of hydrogen-bond acceptors (Lipinski definition) is 22. The third-order valence-electron chi connectivity index (χ3n) is 12.9. The first-order chi connectivity index (χ1) is 40.6. The Balaban J connectivity index is 1.05. The van der Waals surface area contributed by atoms with Crippen molar-refractivity contribution in [1.29, 1.82) is 10.5 Å². The van der Waals surface area contributed by atoms with Crippen LogP contribution in [0, 0.1) is 29.6 Å². The zero-order valence-electron chi connectivity index (χ0n) is 43.3. The van der Waals surface area contributed by atoms with Crippen LogP contribution in [0.5, 0.6) is 0 Å². The second kappa shape index (κ2) is 22.7. The van der Waals surface area contributed by atoms with Gasteiger partial charge >= 0.3 is 0 Å². The predicted molar refractivity (Wildman–Crippen MR) is 318 cm³/mol. The molecule has 9 N–H and O–H groups in total. The molecule has 434 valence electrons. The van der Waals surface area contributed by atoms with E-state index in [4.69, 9.17) is 0 Å². The molecule has 0 aliphatic heterocycles. The van der Waals surface area contributed by atoms with Gasteiger partial charge in [0.25, 0.3) is 50.6 Å². The maximum atomic E-state index is 12.7. The third-order valence-corrected chi connectivity index (χ3v) is 18.2. The number of pyridine rings is 1. The number of aromatic nitrogens is 1. The minimum atomic E-state index is -5.29. The Morgan fingerprint density at radius 1 is 0.465 bits per heavy atom. The van der Waals surface area contributed by atoms with Crippen LogP contribution in [0.3, 0.4) is 0 Å². The summed E-state index contributed by atoms with van der Waals surface area (Å²) in [6, 6.07) is 39.9. The van der Waals surface area contributed by atoms with Crippen LogP contribution in [-0.4, -0.2) is 69.8 Å². The molecule has 32 heteroatoms. The summed E-state index contributed by atoms with van der Waals surface area (Å²) in [5.74, 6) is -0.115. The molecule has 0 amide bonds. The van der Waals surface area contributed by atoms with Crippen molar-refractivity contribution < 1.29 is 64.9 Å². The number of rotatable bonds is 17. The van der Waals surface area contributed by atoms with Crippen molar-refractivity contribution in [2.24, 2.45) is 20.5 Å². The highest BCUT2D eigenvalue weighted by Crippen LogP contribution is 2.50. The Bertz CT molecular complexity index is 5250. The first-order valence-corrected chi connectivity index (χ1v) is 32.2. The lowest BCUT2D eigenvalue weighted by Crippen LogP contribution is -2.11. The number of fused-ring (bicyclic) bond motifs is 3. The SMILES string of the molecule is Cc1c(C#N)c(Nc2ccc(S(=O)(=O)O)cc2)nc(Nc2ccc(S(=O)(=O)O)cc2)c1/N=N/c1sc(/N=N/c2ccc(NNc3cc(S(=O)(=O)O)c4cc(S(=O)(=O)O)cc(S(=O)(=O)O)c4c3)c3ccccc23)c(-c2ccc3ccccc3c2)c1C#N. The number of hydrazine groups is 1. The standard InChI is InChI=1S/C54H37N11O15S6/c1-29-43(27-55)51(57-33-12-16-36(17-13-33)82(66,67)68)59-52(58-34-14-18-37(19-15-34)83(69,70)71)50(29)63-64-53-44(28-56)49(32-11-10-30-6-2-3-7-31(30)22-32)54(81-53)65-62-46-21-20-45(39-8-4-5-9-40(39)46)61-60-35-23-41-42(47(24-35)85(75,76)77)25-38(84(72,73)74)26-48(41)86(78,79)80/h2-26,60-61H,1H3,(H2,57,58,59)(H,66,67,68)(H,69,70,71)(H,72,73,74)(H,75,76,77)(H,78,79,80)/b64-63+,65-62+. The van der Waals surface area contributed by atoms with Crippen molar-refractivity contribution in [3.8, 4) is 23.3 Å².